The number of ether oxygens (including phenoxy) is 2. The van der Waals surface area contributed by atoms with Crippen LogP contribution in [0.2, 0.25) is 0 Å². The zero-order valence-corrected chi connectivity index (χ0v) is 10.2. The summed E-state index contributed by atoms with van der Waals surface area (Å²) in [6.07, 6.45) is 2.08. The quantitative estimate of drug-likeness (QED) is 0.867. The number of halogens is 2. The lowest BCUT2D eigenvalue weighted by atomic mass is 10.2. The molecule has 0 radical (unpaired) electrons. The van der Waals surface area contributed by atoms with Gasteiger partial charge in [-0.2, -0.15) is 4.39 Å². The van der Waals surface area contributed by atoms with Crippen LogP contribution in [0.3, 0.4) is 0 Å². The molecule has 1 aromatic rings. The highest BCUT2D eigenvalue weighted by Gasteiger charge is 2.17. The van der Waals surface area contributed by atoms with Gasteiger partial charge < -0.3 is 15.2 Å². The average Bonchev–Trinajstić information content (AvgIpc) is 2.74. The van der Waals surface area contributed by atoms with E-state index in [4.69, 9.17) is 15.2 Å². The molecule has 88 valence electrons. The fourth-order valence-electron chi connectivity index (χ4n) is 1.55. The second-order valence-electron chi connectivity index (χ2n) is 3.59. The lowest BCUT2D eigenvalue weighted by molar-refractivity contribution is 0.0680. The van der Waals surface area contributed by atoms with E-state index < -0.39 is 5.95 Å². The molecule has 0 spiro atoms. The van der Waals surface area contributed by atoms with Crippen molar-refractivity contribution in [1.82, 2.24) is 4.98 Å². The predicted molar refractivity (Wildman–Crippen MR) is 60.8 cm³/mol. The summed E-state index contributed by atoms with van der Waals surface area (Å²) in [5.74, 6) is -0.321. The molecule has 0 aliphatic carbocycles. The molecule has 6 heteroatoms. The molecule has 1 unspecified atom stereocenters. The first kappa shape index (κ1) is 11.6. The van der Waals surface area contributed by atoms with E-state index in [9.17, 15) is 4.39 Å². The minimum Gasteiger partial charge on any atom is -0.488 e. The monoisotopic (exact) mass is 290 g/mol. The zero-order chi connectivity index (χ0) is 11.5. The van der Waals surface area contributed by atoms with E-state index in [1.54, 1.807) is 0 Å². The molecular formula is C10H12BrFN2O2. The molecule has 0 amide bonds. The van der Waals surface area contributed by atoms with Gasteiger partial charge in [-0.15, -0.1) is 0 Å². The zero-order valence-electron chi connectivity index (χ0n) is 8.58. The molecule has 1 aromatic heterocycles. The van der Waals surface area contributed by atoms with E-state index in [1.807, 2.05) is 0 Å². The van der Waals surface area contributed by atoms with Crippen LogP contribution in [-0.2, 0) is 4.74 Å². The summed E-state index contributed by atoms with van der Waals surface area (Å²) < 4.78 is 24.1. The summed E-state index contributed by atoms with van der Waals surface area (Å²) in [5.41, 5.74) is 6.00. The molecule has 0 aromatic carbocycles. The highest BCUT2D eigenvalue weighted by Crippen LogP contribution is 2.29. The number of nitrogen functional groups attached to an aromatic ring is 1. The topological polar surface area (TPSA) is 57.4 Å². The van der Waals surface area contributed by atoms with Crippen LogP contribution in [0.1, 0.15) is 12.8 Å². The van der Waals surface area contributed by atoms with Gasteiger partial charge in [0.05, 0.1) is 6.10 Å². The summed E-state index contributed by atoms with van der Waals surface area (Å²) in [6.45, 7) is 1.15. The van der Waals surface area contributed by atoms with Crippen LogP contribution in [0.5, 0.6) is 5.75 Å². The van der Waals surface area contributed by atoms with Gasteiger partial charge in [-0.25, -0.2) is 4.98 Å². The van der Waals surface area contributed by atoms with Crippen LogP contribution in [0.15, 0.2) is 10.7 Å². The van der Waals surface area contributed by atoms with Gasteiger partial charge >= 0.3 is 0 Å². The van der Waals surface area contributed by atoms with Gasteiger partial charge in [-0.1, -0.05) is 0 Å². The number of pyridine rings is 1. The number of aromatic nitrogens is 1. The number of nitrogens with two attached hydrogens (primary N) is 1. The van der Waals surface area contributed by atoms with Gasteiger partial charge in [0.2, 0.25) is 5.95 Å². The molecule has 1 aliphatic rings. The Morgan fingerprint density at radius 3 is 3.19 bits per heavy atom. The molecule has 2 N–H and O–H groups in total. The summed E-state index contributed by atoms with van der Waals surface area (Å²) >= 11 is 3.06. The second kappa shape index (κ2) is 4.97. The summed E-state index contributed by atoms with van der Waals surface area (Å²) in [6, 6.07) is 1.18. The Labute approximate surface area is 101 Å². The fourth-order valence-corrected chi connectivity index (χ4v) is 1.92. The number of rotatable bonds is 3. The third-order valence-corrected chi connectivity index (χ3v) is 3.00. The summed E-state index contributed by atoms with van der Waals surface area (Å²) in [7, 11) is 0. The molecule has 16 heavy (non-hydrogen) atoms. The Morgan fingerprint density at radius 1 is 1.69 bits per heavy atom. The van der Waals surface area contributed by atoms with Crippen molar-refractivity contribution >= 4 is 21.6 Å². The average molecular weight is 291 g/mol. The van der Waals surface area contributed by atoms with Gasteiger partial charge in [-0.05, 0) is 28.8 Å². The predicted octanol–water partition coefficient (Wildman–Crippen LogP) is 2.12. The summed E-state index contributed by atoms with van der Waals surface area (Å²) in [4.78, 5) is 3.53. The van der Waals surface area contributed by atoms with Crippen molar-refractivity contribution in [3.8, 4) is 5.75 Å². The smallest absolute Gasteiger partial charge is 0.217 e. The molecule has 1 atom stereocenters. The van der Waals surface area contributed by atoms with Crippen molar-refractivity contribution in [2.45, 2.75) is 18.9 Å². The molecule has 2 heterocycles. The molecule has 1 fully saturated rings. The minimum atomic E-state index is -0.622. The van der Waals surface area contributed by atoms with Gasteiger partial charge in [-0.3, -0.25) is 0 Å². The van der Waals surface area contributed by atoms with Crippen LogP contribution in [0.4, 0.5) is 10.1 Å². The molecule has 1 saturated heterocycles. The van der Waals surface area contributed by atoms with E-state index in [-0.39, 0.29) is 10.7 Å². The van der Waals surface area contributed by atoms with Gasteiger partial charge in [0.25, 0.3) is 0 Å². The van der Waals surface area contributed by atoms with E-state index in [1.165, 1.54) is 6.07 Å². The fraction of sp³-hybridized carbons (Fsp3) is 0.500. The Hall–Kier alpha value is -0.880. The molecule has 4 nitrogen and oxygen atoms in total. The SMILES string of the molecule is Nc1c(OCC2CCCO2)cc(F)nc1Br. The van der Waals surface area contributed by atoms with Gasteiger partial charge in [0, 0.05) is 12.7 Å². The highest BCUT2D eigenvalue weighted by atomic mass is 79.9. The first-order valence-electron chi connectivity index (χ1n) is 5.02. The first-order chi connectivity index (χ1) is 7.66. The van der Waals surface area contributed by atoms with Gasteiger partial charge in [0.1, 0.15) is 22.6 Å². The maximum Gasteiger partial charge on any atom is 0.217 e. The van der Waals surface area contributed by atoms with E-state index >= 15 is 0 Å². The number of nitrogens with zero attached hydrogens (tertiary/aromatic N) is 1. The molecular weight excluding hydrogens is 279 g/mol. The van der Waals surface area contributed by atoms with E-state index in [2.05, 4.69) is 20.9 Å². The molecule has 0 saturated carbocycles. The van der Waals surface area contributed by atoms with Crippen molar-refractivity contribution in [3.05, 3.63) is 16.6 Å². The largest absolute Gasteiger partial charge is 0.488 e. The minimum absolute atomic E-state index is 0.0782. The lowest BCUT2D eigenvalue weighted by Crippen LogP contribution is -2.17. The number of anilines is 1. The van der Waals surface area contributed by atoms with E-state index in [0.717, 1.165) is 19.4 Å². The van der Waals surface area contributed by atoms with Crippen LogP contribution >= 0.6 is 15.9 Å². The molecule has 1 aliphatic heterocycles. The van der Waals surface area contributed by atoms with Crippen LogP contribution in [-0.4, -0.2) is 24.3 Å². The van der Waals surface area contributed by atoms with Crippen molar-refractivity contribution < 1.29 is 13.9 Å². The van der Waals surface area contributed by atoms with Crippen molar-refractivity contribution in [2.24, 2.45) is 0 Å². The van der Waals surface area contributed by atoms with Crippen LogP contribution in [0.25, 0.3) is 0 Å². The number of hydrogen-bond acceptors (Lipinski definition) is 4. The Morgan fingerprint density at radius 2 is 2.50 bits per heavy atom. The number of hydrogen-bond donors (Lipinski definition) is 1. The first-order valence-corrected chi connectivity index (χ1v) is 5.82. The summed E-state index contributed by atoms with van der Waals surface area (Å²) in [5, 5.41) is 0. The lowest BCUT2D eigenvalue weighted by Gasteiger charge is -2.13. The van der Waals surface area contributed by atoms with Crippen LogP contribution in [0, 0.1) is 5.95 Å². The maximum atomic E-state index is 13.0. The Bertz CT molecular complexity index is 383. The van der Waals surface area contributed by atoms with Gasteiger partial charge in [0.15, 0.2) is 0 Å². The van der Waals surface area contributed by atoms with E-state index in [0.29, 0.717) is 18.0 Å². The van der Waals surface area contributed by atoms with Crippen molar-refractivity contribution in [1.29, 1.82) is 0 Å². The third-order valence-electron chi connectivity index (χ3n) is 2.39. The normalized spacial score (nSPS) is 20.0. The molecule has 0 bridgehead atoms. The standard InChI is InChI=1S/C10H12BrFN2O2/c11-10-9(13)7(4-8(12)14-10)16-5-6-2-1-3-15-6/h4,6H,1-3,5,13H2. The molecule has 2 rings (SSSR count). The Kier molecular flexibility index (Phi) is 3.60. The second-order valence-corrected chi connectivity index (χ2v) is 4.34. The third kappa shape index (κ3) is 2.62. The maximum absolute atomic E-state index is 13.0. The Balaban J connectivity index is 2.02. The van der Waals surface area contributed by atoms with Crippen molar-refractivity contribution in [2.75, 3.05) is 18.9 Å². The van der Waals surface area contributed by atoms with Crippen LogP contribution < -0.4 is 10.5 Å². The van der Waals surface area contributed by atoms with Crippen molar-refractivity contribution in [3.63, 3.8) is 0 Å². The highest BCUT2D eigenvalue weighted by molar-refractivity contribution is 9.10.